The third-order valence-electron chi connectivity index (χ3n) is 2.80. The van der Waals surface area contributed by atoms with Crippen LogP contribution in [-0.4, -0.2) is 16.3 Å². The van der Waals surface area contributed by atoms with E-state index in [-0.39, 0.29) is 5.82 Å². The maximum atomic E-state index is 13.5. The van der Waals surface area contributed by atoms with Crippen molar-refractivity contribution in [1.82, 2.24) is 15.1 Å². The van der Waals surface area contributed by atoms with Gasteiger partial charge in [0, 0.05) is 12.7 Å². The van der Waals surface area contributed by atoms with Crippen molar-refractivity contribution in [3.05, 3.63) is 47.5 Å². The first kappa shape index (κ1) is 12.8. The number of hydrogen-bond acceptors (Lipinski definition) is 2. The van der Waals surface area contributed by atoms with E-state index in [0.717, 1.165) is 30.9 Å². The van der Waals surface area contributed by atoms with Crippen molar-refractivity contribution in [3.8, 4) is 5.69 Å². The van der Waals surface area contributed by atoms with Crippen LogP contribution in [-0.2, 0) is 6.54 Å². The maximum Gasteiger partial charge on any atom is 0.128 e. The summed E-state index contributed by atoms with van der Waals surface area (Å²) >= 11 is 0. The van der Waals surface area contributed by atoms with Gasteiger partial charge < -0.3 is 5.32 Å². The van der Waals surface area contributed by atoms with Gasteiger partial charge >= 0.3 is 0 Å². The van der Waals surface area contributed by atoms with Gasteiger partial charge in [-0.05, 0) is 43.7 Å². The number of aromatic nitrogens is 2. The molecule has 0 spiro atoms. The lowest BCUT2D eigenvalue weighted by atomic mass is 10.2. The largest absolute Gasteiger partial charge is 0.311 e. The highest BCUT2D eigenvalue weighted by Gasteiger charge is 2.03. The topological polar surface area (TPSA) is 29.9 Å². The molecule has 0 fully saturated rings. The van der Waals surface area contributed by atoms with E-state index in [1.54, 1.807) is 17.7 Å². The van der Waals surface area contributed by atoms with Crippen molar-refractivity contribution in [2.24, 2.45) is 0 Å². The molecule has 3 nitrogen and oxygen atoms in total. The summed E-state index contributed by atoms with van der Waals surface area (Å²) in [6.45, 7) is 5.60. The van der Waals surface area contributed by atoms with Crippen LogP contribution >= 0.6 is 0 Å². The molecule has 0 aliphatic carbocycles. The van der Waals surface area contributed by atoms with Crippen molar-refractivity contribution in [2.75, 3.05) is 6.54 Å². The van der Waals surface area contributed by atoms with Gasteiger partial charge in [-0.1, -0.05) is 13.0 Å². The number of aryl methyl sites for hydroxylation is 1. The molecule has 2 rings (SSSR count). The Morgan fingerprint density at radius 2 is 2.17 bits per heavy atom. The van der Waals surface area contributed by atoms with Crippen LogP contribution < -0.4 is 5.32 Å². The first-order valence-corrected chi connectivity index (χ1v) is 6.22. The highest BCUT2D eigenvalue weighted by Crippen LogP contribution is 2.13. The molecule has 1 aromatic carbocycles. The SMILES string of the molecule is CCCNCc1ccn(-c2ccc(C)c(F)c2)n1. The lowest BCUT2D eigenvalue weighted by Crippen LogP contribution is -2.14. The normalized spacial score (nSPS) is 10.8. The molecule has 0 atom stereocenters. The zero-order chi connectivity index (χ0) is 13.0. The highest BCUT2D eigenvalue weighted by molar-refractivity contribution is 5.34. The van der Waals surface area contributed by atoms with E-state index >= 15 is 0 Å². The molecule has 1 N–H and O–H groups in total. The molecule has 0 aliphatic rings. The van der Waals surface area contributed by atoms with E-state index in [4.69, 9.17) is 0 Å². The average molecular weight is 247 g/mol. The molecule has 96 valence electrons. The summed E-state index contributed by atoms with van der Waals surface area (Å²) in [5, 5.41) is 7.70. The molecule has 0 radical (unpaired) electrons. The van der Waals surface area contributed by atoms with Crippen LogP contribution in [0.15, 0.2) is 30.5 Å². The quantitative estimate of drug-likeness (QED) is 0.823. The summed E-state index contributed by atoms with van der Waals surface area (Å²) in [6, 6.07) is 7.09. The molecule has 0 unspecified atom stereocenters. The third kappa shape index (κ3) is 2.96. The van der Waals surface area contributed by atoms with Gasteiger partial charge in [0.1, 0.15) is 5.82 Å². The molecule has 0 amide bonds. The van der Waals surface area contributed by atoms with Crippen molar-refractivity contribution in [3.63, 3.8) is 0 Å². The number of nitrogens with zero attached hydrogens (tertiary/aromatic N) is 2. The molecule has 1 aromatic heterocycles. The fourth-order valence-corrected chi connectivity index (χ4v) is 1.72. The minimum absolute atomic E-state index is 0.200. The van der Waals surface area contributed by atoms with Crippen molar-refractivity contribution < 1.29 is 4.39 Å². The first-order chi connectivity index (χ1) is 8.70. The second kappa shape index (κ2) is 5.78. The monoisotopic (exact) mass is 247 g/mol. The van der Waals surface area contributed by atoms with Crippen molar-refractivity contribution >= 4 is 0 Å². The van der Waals surface area contributed by atoms with Gasteiger partial charge in [0.05, 0.1) is 11.4 Å². The molecule has 0 aliphatic heterocycles. The minimum atomic E-state index is -0.200. The highest BCUT2D eigenvalue weighted by atomic mass is 19.1. The standard InChI is InChI=1S/C14H18FN3/c1-3-7-16-10-12-6-8-18(17-12)13-5-4-11(2)14(15)9-13/h4-6,8-9,16H,3,7,10H2,1-2H3. The summed E-state index contributed by atoms with van der Waals surface area (Å²) in [5.41, 5.74) is 2.36. The van der Waals surface area contributed by atoms with Crippen LogP contribution in [0.4, 0.5) is 4.39 Å². The Morgan fingerprint density at radius 1 is 1.33 bits per heavy atom. The summed E-state index contributed by atoms with van der Waals surface area (Å²) in [6.07, 6.45) is 2.96. The van der Waals surface area contributed by atoms with E-state index < -0.39 is 0 Å². The molecule has 18 heavy (non-hydrogen) atoms. The van der Waals surface area contributed by atoms with Crippen LogP contribution in [0, 0.1) is 12.7 Å². The number of nitrogens with one attached hydrogen (secondary N) is 1. The van der Waals surface area contributed by atoms with Gasteiger partial charge in [-0.15, -0.1) is 0 Å². The molecule has 0 saturated carbocycles. The van der Waals surface area contributed by atoms with Gasteiger partial charge in [0.2, 0.25) is 0 Å². The zero-order valence-corrected chi connectivity index (χ0v) is 10.8. The summed E-state index contributed by atoms with van der Waals surface area (Å²) in [5.74, 6) is -0.200. The molecule has 4 heteroatoms. The summed E-state index contributed by atoms with van der Waals surface area (Å²) < 4.78 is 15.2. The number of rotatable bonds is 5. The first-order valence-electron chi connectivity index (χ1n) is 6.22. The predicted molar refractivity (Wildman–Crippen MR) is 70.3 cm³/mol. The van der Waals surface area contributed by atoms with Gasteiger partial charge in [-0.3, -0.25) is 0 Å². The molecule has 0 bridgehead atoms. The third-order valence-corrected chi connectivity index (χ3v) is 2.80. The zero-order valence-electron chi connectivity index (χ0n) is 10.8. The smallest absolute Gasteiger partial charge is 0.128 e. The van der Waals surface area contributed by atoms with Crippen LogP contribution in [0.5, 0.6) is 0 Å². The van der Waals surface area contributed by atoms with Crippen molar-refractivity contribution in [2.45, 2.75) is 26.8 Å². The molecular weight excluding hydrogens is 229 g/mol. The number of halogens is 1. The Balaban J connectivity index is 2.11. The minimum Gasteiger partial charge on any atom is -0.311 e. The van der Waals surface area contributed by atoms with Gasteiger partial charge in [0.15, 0.2) is 0 Å². The summed E-state index contributed by atoms with van der Waals surface area (Å²) in [7, 11) is 0. The Morgan fingerprint density at radius 3 is 2.89 bits per heavy atom. The second-order valence-corrected chi connectivity index (χ2v) is 4.36. The predicted octanol–water partition coefficient (Wildman–Crippen LogP) is 2.82. The van der Waals surface area contributed by atoms with Crippen LogP contribution in [0.3, 0.4) is 0 Å². The van der Waals surface area contributed by atoms with Crippen LogP contribution in [0.2, 0.25) is 0 Å². The van der Waals surface area contributed by atoms with Gasteiger partial charge in [-0.25, -0.2) is 9.07 Å². The van der Waals surface area contributed by atoms with Gasteiger partial charge in [-0.2, -0.15) is 5.10 Å². The van der Waals surface area contributed by atoms with E-state index in [9.17, 15) is 4.39 Å². The lowest BCUT2D eigenvalue weighted by Gasteiger charge is -2.03. The van der Waals surface area contributed by atoms with E-state index in [1.807, 2.05) is 18.3 Å². The lowest BCUT2D eigenvalue weighted by molar-refractivity contribution is 0.615. The fourth-order valence-electron chi connectivity index (χ4n) is 1.72. The Hall–Kier alpha value is -1.68. The number of benzene rings is 1. The summed E-state index contributed by atoms with van der Waals surface area (Å²) in [4.78, 5) is 0. The van der Waals surface area contributed by atoms with Crippen molar-refractivity contribution in [1.29, 1.82) is 0 Å². The van der Waals surface area contributed by atoms with Gasteiger partial charge in [0.25, 0.3) is 0 Å². The van der Waals surface area contributed by atoms with E-state index in [1.165, 1.54) is 6.07 Å². The number of hydrogen-bond donors (Lipinski definition) is 1. The fraction of sp³-hybridized carbons (Fsp3) is 0.357. The Bertz CT molecular complexity index is 520. The molecule has 2 aromatic rings. The second-order valence-electron chi connectivity index (χ2n) is 4.36. The average Bonchev–Trinajstić information content (AvgIpc) is 2.82. The molecule has 1 heterocycles. The molecule has 0 saturated heterocycles. The Labute approximate surface area is 107 Å². The maximum absolute atomic E-state index is 13.5. The van der Waals surface area contributed by atoms with E-state index in [2.05, 4.69) is 17.3 Å². The van der Waals surface area contributed by atoms with Crippen LogP contribution in [0.1, 0.15) is 24.6 Å². The molecular formula is C14H18FN3. The van der Waals surface area contributed by atoms with Crippen LogP contribution in [0.25, 0.3) is 5.69 Å². The Kier molecular flexibility index (Phi) is 4.10. The van der Waals surface area contributed by atoms with E-state index in [0.29, 0.717) is 5.56 Å².